The summed E-state index contributed by atoms with van der Waals surface area (Å²) in [7, 11) is 1.91. The van der Waals surface area contributed by atoms with E-state index in [4.69, 9.17) is 4.74 Å². The molecule has 0 aromatic carbocycles. The van der Waals surface area contributed by atoms with Gasteiger partial charge in [-0.3, -0.25) is 4.99 Å². The molecule has 3 aliphatic heterocycles. The van der Waals surface area contributed by atoms with Gasteiger partial charge in [0.2, 0.25) is 0 Å². The third-order valence-corrected chi connectivity index (χ3v) is 5.54. The molecule has 0 bridgehead atoms. The fourth-order valence-electron chi connectivity index (χ4n) is 4.11. The summed E-state index contributed by atoms with van der Waals surface area (Å²) in [6, 6.07) is 0. The van der Waals surface area contributed by atoms with Crippen molar-refractivity contribution in [3.63, 3.8) is 0 Å². The van der Waals surface area contributed by atoms with Crippen molar-refractivity contribution < 1.29 is 4.74 Å². The van der Waals surface area contributed by atoms with Gasteiger partial charge < -0.3 is 19.9 Å². The van der Waals surface area contributed by atoms with Crippen LogP contribution in [0.15, 0.2) is 4.99 Å². The van der Waals surface area contributed by atoms with Crippen LogP contribution in [0.25, 0.3) is 0 Å². The third-order valence-electron chi connectivity index (χ3n) is 5.54. The highest BCUT2D eigenvalue weighted by Crippen LogP contribution is 2.38. The second kappa shape index (κ2) is 9.42. The standard InChI is InChI=1S/C17H32N4O.HI/c1-18-16(19-8-12-20-9-4-2-3-5-10-20)21-11-6-17(14-21)7-13-22-15-17;/h2-15H2,1H3,(H,18,19);1H. The fourth-order valence-corrected chi connectivity index (χ4v) is 4.11. The highest BCUT2D eigenvalue weighted by Gasteiger charge is 2.42. The molecule has 0 aliphatic carbocycles. The summed E-state index contributed by atoms with van der Waals surface area (Å²) < 4.78 is 5.62. The van der Waals surface area contributed by atoms with Gasteiger partial charge in [-0.1, -0.05) is 12.8 Å². The second-order valence-corrected chi connectivity index (χ2v) is 7.20. The molecule has 3 heterocycles. The van der Waals surface area contributed by atoms with Crippen LogP contribution in [0.1, 0.15) is 38.5 Å². The Morgan fingerprint density at radius 1 is 1.13 bits per heavy atom. The van der Waals surface area contributed by atoms with Crippen LogP contribution >= 0.6 is 24.0 Å². The van der Waals surface area contributed by atoms with Crippen molar-refractivity contribution in [2.45, 2.75) is 38.5 Å². The number of ether oxygens (including phenoxy) is 1. The molecule has 3 rings (SSSR count). The van der Waals surface area contributed by atoms with Crippen LogP contribution in [-0.2, 0) is 4.74 Å². The number of aliphatic imine (C=N–C) groups is 1. The second-order valence-electron chi connectivity index (χ2n) is 7.20. The van der Waals surface area contributed by atoms with E-state index in [-0.39, 0.29) is 24.0 Å². The predicted octanol–water partition coefficient (Wildman–Crippen LogP) is 2.17. The van der Waals surface area contributed by atoms with Crippen molar-refractivity contribution in [2.24, 2.45) is 10.4 Å². The van der Waals surface area contributed by atoms with Crippen molar-refractivity contribution >= 4 is 29.9 Å². The molecule has 5 nitrogen and oxygen atoms in total. The first-order valence-electron chi connectivity index (χ1n) is 9.07. The molecule has 0 radical (unpaired) electrons. The van der Waals surface area contributed by atoms with Crippen molar-refractivity contribution in [1.29, 1.82) is 0 Å². The molecule has 3 aliphatic rings. The zero-order valence-corrected chi connectivity index (χ0v) is 16.9. The van der Waals surface area contributed by atoms with Crippen molar-refractivity contribution in [3.8, 4) is 0 Å². The van der Waals surface area contributed by atoms with E-state index in [0.717, 1.165) is 45.4 Å². The lowest BCUT2D eigenvalue weighted by molar-refractivity contribution is 0.156. The number of hydrogen-bond donors (Lipinski definition) is 1. The van der Waals surface area contributed by atoms with E-state index in [9.17, 15) is 0 Å². The maximum atomic E-state index is 5.62. The summed E-state index contributed by atoms with van der Waals surface area (Å²) in [5, 5.41) is 3.58. The Bertz CT molecular complexity index is 377. The largest absolute Gasteiger partial charge is 0.381 e. The SMILES string of the molecule is CN=C(NCCN1CCCCCC1)N1CCC2(CCOC2)C1.I. The first-order valence-corrected chi connectivity index (χ1v) is 9.07. The Kier molecular flexibility index (Phi) is 7.88. The molecule has 3 saturated heterocycles. The topological polar surface area (TPSA) is 40.1 Å². The molecule has 1 N–H and O–H groups in total. The summed E-state index contributed by atoms with van der Waals surface area (Å²) >= 11 is 0. The molecule has 134 valence electrons. The zero-order valence-electron chi connectivity index (χ0n) is 14.6. The molecule has 1 unspecified atom stereocenters. The average Bonchev–Trinajstić information content (AvgIpc) is 3.08. The Balaban J connectivity index is 0.00000192. The molecule has 0 aromatic rings. The highest BCUT2D eigenvalue weighted by atomic mass is 127. The van der Waals surface area contributed by atoms with Crippen LogP contribution in [0, 0.1) is 5.41 Å². The van der Waals surface area contributed by atoms with Gasteiger partial charge >= 0.3 is 0 Å². The first-order chi connectivity index (χ1) is 10.8. The van der Waals surface area contributed by atoms with Gasteiger partial charge in [-0.2, -0.15) is 0 Å². The average molecular weight is 436 g/mol. The molecule has 1 spiro atoms. The van der Waals surface area contributed by atoms with E-state index in [1.807, 2.05) is 7.05 Å². The third kappa shape index (κ3) is 5.19. The molecule has 0 amide bonds. The predicted molar refractivity (Wildman–Crippen MR) is 106 cm³/mol. The van der Waals surface area contributed by atoms with Crippen LogP contribution in [-0.4, -0.2) is 75.3 Å². The highest BCUT2D eigenvalue weighted by molar-refractivity contribution is 14.0. The summed E-state index contributed by atoms with van der Waals surface area (Å²) in [5.74, 6) is 1.08. The van der Waals surface area contributed by atoms with Crippen LogP contribution in [0.3, 0.4) is 0 Å². The first kappa shape index (κ1) is 19.2. The number of nitrogens with one attached hydrogen (secondary N) is 1. The molecular weight excluding hydrogens is 403 g/mol. The maximum absolute atomic E-state index is 5.62. The zero-order chi connectivity index (χ0) is 15.3. The van der Waals surface area contributed by atoms with Gasteiger partial charge in [0.25, 0.3) is 0 Å². The Morgan fingerprint density at radius 3 is 2.57 bits per heavy atom. The van der Waals surface area contributed by atoms with Crippen molar-refractivity contribution in [1.82, 2.24) is 15.1 Å². The minimum atomic E-state index is 0. The minimum absolute atomic E-state index is 0. The summed E-state index contributed by atoms with van der Waals surface area (Å²) in [6.07, 6.45) is 8.01. The maximum Gasteiger partial charge on any atom is 0.193 e. The molecular formula is C17H33IN4O. The van der Waals surface area contributed by atoms with Gasteiger partial charge in [-0.15, -0.1) is 24.0 Å². The number of rotatable bonds is 3. The number of likely N-dealkylation sites (tertiary alicyclic amines) is 2. The van der Waals surface area contributed by atoms with Gasteiger partial charge in [0.05, 0.1) is 6.61 Å². The number of guanidine groups is 1. The fraction of sp³-hybridized carbons (Fsp3) is 0.941. The molecule has 6 heteroatoms. The quantitative estimate of drug-likeness (QED) is 0.418. The van der Waals surface area contributed by atoms with Crippen LogP contribution in [0.5, 0.6) is 0 Å². The van der Waals surface area contributed by atoms with Crippen LogP contribution in [0.2, 0.25) is 0 Å². The smallest absolute Gasteiger partial charge is 0.193 e. The lowest BCUT2D eigenvalue weighted by Gasteiger charge is -2.26. The molecule has 0 saturated carbocycles. The lowest BCUT2D eigenvalue weighted by Crippen LogP contribution is -2.44. The molecule has 3 fully saturated rings. The van der Waals surface area contributed by atoms with E-state index in [1.54, 1.807) is 0 Å². The normalized spacial score (nSPS) is 29.6. The molecule has 0 aromatic heterocycles. The molecule has 1 atom stereocenters. The van der Waals surface area contributed by atoms with E-state index >= 15 is 0 Å². The number of halogens is 1. The van der Waals surface area contributed by atoms with Gasteiger partial charge in [0.1, 0.15) is 0 Å². The molecule has 23 heavy (non-hydrogen) atoms. The Labute approximate surface area is 158 Å². The van der Waals surface area contributed by atoms with Gasteiger partial charge in [-0.25, -0.2) is 0 Å². The summed E-state index contributed by atoms with van der Waals surface area (Å²) in [4.78, 5) is 9.53. The van der Waals surface area contributed by atoms with E-state index in [2.05, 4.69) is 20.1 Å². The van der Waals surface area contributed by atoms with E-state index in [0.29, 0.717) is 5.41 Å². The van der Waals surface area contributed by atoms with E-state index in [1.165, 1.54) is 51.6 Å². The Morgan fingerprint density at radius 2 is 1.91 bits per heavy atom. The van der Waals surface area contributed by atoms with Crippen LogP contribution < -0.4 is 5.32 Å². The van der Waals surface area contributed by atoms with Crippen molar-refractivity contribution in [3.05, 3.63) is 0 Å². The van der Waals surface area contributed by atoms with Gasteiger partial charge in [0, 0.05) is 45.2 Å². The lowest BCUT2D eigenvalue weighted by atomic mass is 9.87. The summed E-state index contributed by atoms with van der Waals surface area (Å²) in [5.41, 5.74) is 0.405. The van der Waals surface area contributed by atoms with Crippen LogP contribution in [0.4, 0.5) is 0 Å². The monoisotopic (exact) mass is 436 g/mol. The Hall–Kier alpha value is -0.0800. The van der Waals surface area contributed by atoms with Gasteiger partial charge in [0.15, 0.2) is 5.96 Å². The van der Waals surface area contributed by atoms with E-state index < -0.39 is 0 Å². The number of hydrogen-bond acceptors (Lipinski definition) is 3. The van der Waals surface area contributed by atoms with Crippen molar-refractivity contribution in [2.75, 3.05) is 59.5 Å². The minimum Gasteiger partial charge on any atom is -0.381 e. The number of nitrogens with zero attached hydrogens (tertiary/aromatic N) is 3. The van der Waals surface area contributed by atoms with Gasteiger partial charge in [-0.05, 0) is 38.8 Å². The summed E-state index contributed by atoms with van der Waals surface area (Å²) in [6.45, 7) is 8.79.